The summed E-state index contributed by atoms with van der Waals surface area (Å²) in [4.78, 5) is 0. The smallest absolute Gasteiger partial charge is 0.0826 e. The fourth-order valence-electron chi connectivity index (χ4n) is 1.92. The molecule has 15 heavy (non-hydrogen) atoms. The Morgan fingerprint density at radius 1 is 1.47 bits per heavy atom. The van der Waals surface area contributed by atoms with Crippen LogP contribution in [-0.4, -0.2) is 18.8 Å². The molecule has 3 heteroatoms. The van der Waals surface area contributed by atoms with Crippen molar-refractivity contribution in [1.29, 1.82) is 0 Å². The van der Waals surface area contributed by atoms with Gasteiger partial charge in [-0.1, -0.05) is 12.1 Å². The van der Waals surface area contributed by atoms with Gasteiger partial charge in [-0.05, 0) is 31.9 Å². The summed E-state index contributed by atoms with van der Waals surface area (Å²) < 4.78 is 5.70. The van der Waals surface area contributed by atoms with Crippen molar-refractivity contribution in [2.75, 3.05) is 24.2 Å². The number of benzene rings is 1. The van der Waals surface area contributed by atoms with Crippen LogP contribution in [0, 0.1) is 0 Å². The Hall–Kier alpha value is -1.22. The first kappa shape index (κ1) is 10.3. The highest BCUT2D eigenvalue weighted by molar-refractivity contribution is 5.65. The summed E-state index contributed by atoms with van der Waals surface area (Å²) >= 11 is 0. The van der Waals surface area contributed by atoms with Crippen LogP contribution in [0.1, 0.15) is 19.8 Å². The molecule has 0 spiro atoms. The largest absolute Gasteiger partial charge is 0.397 e. The van der Waals surface area contributed by atoms with Crippen LogP contribution in [0.3, 0.4) is 0 Å². The van der Waals surface area contributed by atoms with Crippen molar-refractivity contribution in [3.8, 4) is 0 Å². The zero-order valence-electron chi connectivity index (χ0n) is 9.12. The van der Waals surface area contributed by atoms with E-state index < -0.39 is 0 Å². The third-order valence-electron chi connectivity index (χ3n) is 2.91. The maximum absolute atomic E-state index is 5.85. The molecule has 0 bridgehead atoms. The average Bonchev–Trinajstić information content (AvgIpc) is 2.65. The summed E-state index contributed by atoms with van der Waals surface area (Å²) in [5, 5.41) is 3.35. The first-order valence-electron chi connectivity index (χ1n) is 5.42. The minimum absolute atomic E-state index is 0.0255. The predicted molar refractivity (Wildman–Crippen MR) is 62.9 cm³/mol. The summed E-state index contributed by atoms with van der Waals surface area (Å²) in [7, 11) is 0. The second kappa shape index (κ2) is 4.11. The molecule has 3 nitrogen and oxygen atoms in total. The van der Waals surface area contributed by atoms with Gasteiger partial charge in [0.25, 0.3) is 0 Å². The standard InChI is InChI=1S/C12H18N2O/c1-12(7-4-8-15-12)9-14-11-6-3-2-5-10(11)13/h2-3,5-6,14H,4,7-9,13H2,1H3. The van der Waals surface area contributed by atoms with E-state index in [1.165, 1.54) is 0 Å². The molecule has 1 aromatic rings. The van der Waals surface area contributed by atoms with E-state index in [1.54, 1.807) is 0 Å². The van der Waals surface area contributed by atoms with Crippen molar-refractivity contribution in [3.63, 3.8) is 0 Å². The molecule has 3 N–H and O–H groups in total. The van der Waals surface area contributed by atoms with Crippen LogP contribution >= 0.6 is 0 Å². The average molecular weight is 206 g/mol. The second-order valence-electron chi connectivity index (χ2n) is 4.34. The van der Waals surface area contributed by atoms with Gasteiger partial charge < -0.3 is 15.8 Å². The van der Waals surface area contributed by atoms with Crippen LogP contribution in [0.25, 0.3) is 0 Å². The number of nitrogen functional groups attached to an aromatic ring is 1. The Morgan fingerprint density at radius 2 is 2.27 bits per heavy atom. The third-order valence-corrected chi connectivity index (χ3v) is 2.91. The molecular formula is C12H18N2O. The van der Waals surface area contributed by atoms with Gasteiger partial charge in [0.2, 0.25) is 0 Å². The van der Waals surface area contributed by atoms with Crippen LogP contribution in [0.15, 0.2) is 24.3 Å². The van der Waals surface area contributed by atoms with Gasteiger partial charge >= 0.3 is 0 Å². The Bertz CT molecular complexity index is 332. The quantitative estimate of drug-likeness (QED) is 0.746. The van der Waals surface area contributed by atoms with Crippen molar-refractivity contribution in [1.82, 2.24) is 0 Å². The van der Waals surface area contributed by atoms with Crippen molar-refractivity contribution in [2.45, 2.75) is 25.4 Å². The lowest BCUT2D eigenvalue weighted by Crippen LogP contribution is -2.32. The number of nitrogens with one attached hydrogen (secondary N) is 1. The molecule has 1 aromatic carbocycles. The molecule has 1 atom stereocenters. The fourth-order valence-corrected chi connectivity index (χ4v) is 1.92. The number of ether oxygens (including phenoxy) is 1. The molecular weight excluding hydrogens is 188 g/mol. The normalized spacial score (nSPS) is 25.4. The summed E-state index contributed by atoms with van der Waals surface area (Å²) in [6.45, 7) is 3.84. The molecule has 1 aliphatic heterocycles. The van der Waals surface area contributed by atoms with E-state index in [2.05, 4.69) is 12.2 Å². The van der Waals surface area contributed by atoms with Gasteiger partial charge in [-0.3, -0.25) is 0 Å². The number of hydrogen-bond acceptors (Lipinski definition) is 3. The Balaban J connectivity index is 1.95. The Kier molecular flexibility index (Phi) is 2.82. The third kappa shape index (κ3) is 2.42. The summed E-state index contributed by atoms with van der Waals surface area (Å²) in [6, 6.07) is 7.82. The maximum atomic E-state index is 5.85. The van der Waals surface area contributed by atoms with Gasteiger partial charge in [0.15, 0.2) is 0 Å². The lowest BCUT2D eigenvalue weighted by atomic mass is 10.0. The monoisotopic (exact) mass is 206 g/mol. The van der Waals surface area contributed by atoms with Gasteiger partial charge in [-0.2, -0.15) is 0 Å². The number of nitrogens with two attached hydrogens (primary N) is 1. The van der Waals surface area contributed by atoms with Gasteiger partial charge in [-0.15, -0.1) is 0 Å². The van der Waals surface area contributed by atoms with Crippen LogP contribution in [-0.2, 0) is 4.74 Å². The van der Waals surface area contributed by atoms with Gasteiger partial charge in [0.05, 0.1) is 17.0 Å². The Labute approximate surface area is 90.6 Å². The van der Waals surface area contributed by atoms with E-state index in [0.717, 1.165) is 37.4 Å². The molecule has 1 saturated heterocycles. The number of rotatable bonds is 3. The molecule has 0 amide bonds. The zero-order valence-corrected chi connectivity index (χ0v) is 9.12. The van der Waals surface area contributed by atoms with Crippen LogP contribution in [0.4, 0.5) is 11.4 Å². The van der Waals surface area contributed by atoms with E-state index in [4.69, 9.17) is 10.5 Å². The number of anilines is 2. The van der Waals surface area contributed by atoms with Crippen molar-refractivity contribution >= 4 is 11.4 Å². The van der Waals surface area contributed by atoms with Crippen LogP contribution in [0.5, 0.6) is 0 Å². The van der Waals surface area contributed by atoms with Crippen LogP contribution < -0.4 is 11.1 Å². The molecule has 0 aliphatic carbocycles. The summed E-state index contributed by atoms with van der Waals surface area (Å²) in [5.41, 5.74) is 7.61. The zero-order chi connectivity index (χ0) is 10.7. The summed E-state index contributed by atoms with van der Waals surface area (Å²) in [5.74, 6) is 0. The first-order valence-corrected chi connectivity index (χ1v) is 5.42. The highest BCUT2D eigenvalue weighted by Gasteiger charge is 2.29. The SMILES string of the molecule is CC1(CNc2ccccc2N)CCCO1. The van der Waals surface area contributed by atoms with E-state index in [1.807, 2.05) is 24.3 Å². The highest BCUT2D eigenvalue weighted by Crippen LogP contribution is 2.26. The molecule has 2 rings (SSSR count). The Morgan fingerprint density at radius 3 is 2.93 bits per heavy atom. The first-order chi connectivity index (χ1) is 7.20. The van der Waals surface area contributed by atoms with Crippen molar-refractivity contribution in [2.24, 2.45) is 0 Å². The fraction of sp³-hybridized carbons (Fsp3) is 0.500. The molecule has 1 unspecified atom stereocenters. The molecule has 1 fully saturated rings. The van der Waals surface area contributed by atoms with Gasteiger partial charge in [0.1, 0.15) is 0 Å². The number of hydrogen-bond donors (Lipinski definition) is 2. The molecule has 1 heterocycles. The topological polar surface area (TPSA) is 47.3 Å². The van der Waals surface area contributed by atoms with E-state index in [-0.39, 0.29) is 5.60 Å². The van der Waals surface area contributed by atoms with Crippen LogP contribution in [0.2, 0.25) is 0 Å². The van der Waals surface area contributed by atoms with E-state index in [0.29, 0.717) is 0 Å². The highest BCUT2D eigenvalue weighted by atomic mass is 16.5. The number of para-hydroxylation sites is 2. The maximum Gasteiger partial charge on any atom is 0.0826 e. The molecule has 0 saturated carbocycles. The minimum Gasteiger partial charge on any atom is -0.397 e. The second-order valence-corrected chi connectivity index (χ2v) is 4.34. The summed E-state index contributed by atoms with van der Waals surface area (Å²) in [6.07, 6.45) is 2.27. The predicted octanol–water partition coefficient (Wildman–Crippen LogP) is 2.25. The minimum atomic E-state index is -0.0255. The van der Waals surface area contributed by atoms with E-state index in [9.17, 15) is 0 Å². The molecule has 82 valence electrons. The molecule has 1 aliphatic rings. The van der Waals surface area contributed by atoms with Gasteiger partial charge in [-0.25, -0.2) is 0 Å². The lowest BCUT2D eigenvalue weighted by molar-refractivity contribution is 0.0315. The van der Waals surface area contributed by atoms with Crippen molar-refractivity contribution < 1.29 is 4.74 Å². The lowest BCUT2D eigenvalue weighted by Gasteiger charge is -2.24. The van der Waals surface area contributed by atoms with E-state index >= 15 is 0 Å². The molecule has 0 radical (unpaired) electrons. The molecule has 0 aromatic heterocycles. The van der Waals surface area contributed by atoms with Crippen molar-refractivity contribution in [3.05, 3.63) is 24.3 Å². The van der Waals surface area contributed by atoms with Gasteiger partial charge in [0, 0.05) is 13.2 Å².